The molecule has 0 saturated carbocycles. The molecule has 1 aromatic carbocycles. The van der Waals surface area contributed by atoms with Crippen LogP contribution in [0.25, 0.3) is 0 Å². The first-order valence-electron chi connectivity index (χ1n) is 6.53. The van der Waals surface area contributed by atoms with E-state index < -0.39 is 9.84 Å². The molecule has 0 aliphatic heterocycles. The molecule has 0 bridgehead atoms. The second kappa shape index (κ2) is 7.64. The predicted molar refractivity (Wildman–Crippen MR) is 86.5 cm³/mol. The van der Waals surface area contributed by atoms with Crippen LogP contribution in [-0.4, -0.2) is 38.9 Å². The molecule has 0 spiro atoms. The van der Waals surface area contributed by atoms with E-state index in [1.54, 1.807) is 6.07 Å². The molecular weight excluding hydrogens is 317 g/mol. The van der Waals surface area contributed by atoms with Crippen LogP contribution < -0.4 is 0 Å². The Morgan fingerprint density at radius 3 is 2.45 bits per heavy atom. The minimum atomic E-state index is -2.86. The van der Waals surface area contributed by atoms with E-state index in [4.69, 9.17) is 23.2 Å². The summed E-state index contributed by atoms with van der Waals surface area (Å²) in [6.07, 6.45) is 2.80. The fourth-order valence-electron chi connectivity index (χ4n) is 2.00. The van der Waals surface area contributed by atoms with Crippen molar-refractivity contribution in [2.24, 2.45) is 0 Å². The van der Waals surface area contributed by atoms with Crippen LogP contribution in [0.2, 0.25) is 10.0 Å². The Kier molecular flexibility index (Phi) is 6.79. The molecule has 0 unspecified atom stereocenters. The monoisotopic (exact) mass is 337 g/mol. The summed E-state index contributed by atoms with van der Waals surface area (Å²) in [6, 6.07) is 5.67. The van der Waals surface area contributed by atoms with Crippen molar-refractivity contribution >= 4 is 33.0 Å². The topological polar surface area (TPSA) is 37.4 Å². The highest BCUT2D eigenvalue weighted by molar-refractivity contribution is 7.90. The van der Waals surface area contributed by atoms with Crippen molar-refractivity contribution in [2.45, 2.75) is 25.8 Å². The first-order valence-corrected chi connectivity index (χ1v) is 9.35. The van der Waals surface area contributed by atoms with Gasteiger partial charge in [-0.25, -0.2) is 8.42 Å². The quantitative estimate of drug-likeness (QED) is 0.710. The van der Waals surface area contributed by atoms with Crippen molar-refractivity contribution < 1.29 is 8.42 Å². The lowest BCUT2D eigenvalue weighted by molar-refractivity contribution is 0.258. The maximum absolute atomic E-state index is 11.1. The van der Waals surface area contributed by atoms with E-state index in [1.165, 1.54) is 6.26 Å². The standard InChI is InChI=1S/C14H21Cl2NO2S/c1-11(13-7-6-12(15)10-14(13)16)17(2)8-4-5-9-20(3,18)19/h6-7,10-11H,4-5,8-9H2,1-3H3/t11-/m1/s1. The van der Waals surface area contributed by atoms with Crippen LogP contribution in [0, 0.1) is 0 Å². The number of benzene rings is 1. The van der Waals surface area contributed by atoms with E-state index in [1.807, 2.05) is 19.2 Å². The molecule has 0 radical (unpaired) electrons. The van der Waals surface area contributed by atoms with Gasteiger partial charge in [-0.1, -0.05) is 29.3 Å². The molecule has 114 valence electrons. The van der Waals surface area contributed by atoms with Crippen molar-refractivity contribution in [3.05, 3.63) is 33.8 Å². The minimum Gasteiger partial charge on any atom is -0.300 e. The van der Waals surface area contributed by atoms with E-state index in [0.717, 1.165) is 18.5 Å². The molecule has 6 heteroatoms. The Morgan fingerprint density at radius 2 is 1.90 bits per heavy atom. The van der Waals surface area contributed by atoms with Gasteiger partial charge in [-0.3, -0.25) is 4.90 Å². The smallest absolute Gasteiger partial charge is 0.147 e. The number of sulfone groups is 1. The highest BCUT2D eigenvalue weighted by Gasteiger charge is 2.14. The van der Waals surface area contributed by atoms with E-state index in [2.05, 4.69) is 11.8 Å². The Hall–Kier alpha value is -0.290. The van der Waals surface area contributed by atoms with E-state index >= 15 is 0 Å². The largest absolute Gasteiger partial charge is 0.300 e. The molecule has 3 nitrogen and oxygen atoms in total. The third kappa shape index (κ3) is 6.00. The maximum Gasteiger partial charge on any atom is 0.147 e. The molecule has 0 aliphatic rings. The molecule has 0 amide bonds. The van der Waals surface area contributed by atoms with Crippen molar-refractivity contribution in [1.29, 1.82) is 0 Å². The fourth-order valence-corrected chi connectivity index (χ4v) is 3.29. The molecule has 0 heterocycles. The fraction of sp³-hybridized carbons (Fsp3) is 0.571. The van der Waals surface area contributed by atoms with Gasteiger partial charge in [0.1, 0.15) is 9.84 Å². The minimum absolute atomic E-state index is 0.165. The molecule has 0 aliphatic carbocycles. The van der Waals surface area contributed by atoms with Crippen LogP contribution in [0.3, 0.4) is 0 Å². The lowest BCUT2D eigenvalue weighted by Gasteiger charge is -2.25. The molecule has 0 saturated heterocycles. The molecule has 0 N–H and O–H groups in total. The molecule has 1 aromatic rings. The van der Waals surface area contributed by atoms with Crippen LogP contribution in [-0.2, 0) is 9.84 Å². The van der Waals surface area contributed by atoms with Crippen LogP contribution >= 0.6 is 23.2 Å². The number of hydrogen-bond acceptors (Lipinski definition) is 3. The SMILES string of the molecule is C[C@H](c1ccc(Cl)cc1Cl)N(C)CCCCS(C)(=O)=O. The van der Waals surface area contributed by atoms with Gasteiger partial charge in [0.15, 0.2) is 0 Å². The third-order valence-corrected chi connectivity index (χ3v) is 4.94. The molecule has 1 rings (SSSR count). The summed E-state index contributed by atoms with van der Waals surface area (Å²) < 4.78 is 22.1. The van der Waals surface area contributed by atoms with Crippen molar-refractivity contribution in [2.75, 3.05) is 25.6 Å². The number of halogens is 2. The number of unbranched alkanes of at least 4 members (excludes halogenated alkanes) is 1. The average molecular weight is 338 g/mol. The van der Waals surface area contributed by atoms with E-state index in [0.29, 0.717) is 16.5 Å². The summed E-state index contributed by atoms with van der Waals surface area (Å²) in [5, 5.41) is 1.29. The van der Waals surface area contributed by atoms with Gasteiger partial charge in [-0.05, 0) is 51.1 Å². The first kappa shape index (κ1) is 17.8. The van der Waals surface area contributed by atoms with Gasteiger partial charge in [0.05, 0.1) is 0 Å². The van der Waals surface area contributed by atoms with Crippen LogP contribution in [0.15, 0.2) is 18.2 Å². The number of rotatable bonds is 7. The van der Waals surface area contributed by atoms with Gasteiger partial charge < -0.3 is 0 Å². The highest BCUT2D eigenvalue weighted by atomic mass is 35.5. The Balaban J connectivity index is 2.52. The van der Waals surface area contributed by atoms with Crippen molar-refractivity contribution in [3.8, 4) is 0 Å². The predicted octanol–water partition coefficient (Wildman–Crippen LogP) is 3.81. The van der Waals surface area contributed by atoms with Gasteiger partial charge in [-0.15, -0.1) is 0 Å². The van der Waals surface area contributed by atoms with Crippen LogP contribution in [0.4, 0.5) is 0 Å². The van der Waals surface area contributed by atoms with Gasteiger partial charge in [0, 0.05) is 28.1 Å². The van der Waals surface area contributed by atoms with Gasteiger partial charge in [0.25, 0.3) is 0 Å². The van der Waals surface area contributed by atoms with Crippen LogP contribution in [0.5, 0.6) is 0 Å². The van der Waals surface area contributed by atoms with Gasteiger partial charge >= 0.3 is 0 Å². The zero-order chi connectivity index (χ0) is 15.3. The number of hydrogen-bond donors (Lipinski definition) is 0. The molecule has 0 aromatic heterocycles. The highest BCUT2D eigenvalue weighted by Crippen LogP contribution is 2.29. The zero-order valence-corrected chi connectivity index (χ0v) is 14.4. The lowest BCUT2D eigenvalue weighted by Crippen LogP contribution is -2.24. The summed E-state index contributed by atoms with van der Waals surface area (Å²) in [6.45, 7) is 2.90. The Morgan fingerprint density at radius 1 is 1.25 bits per heavy atom. The van der Waals surface area contributed by atoms with Crippen molar-refractivity contribution in [3.63, 3.8) is 0 Å². The number of nitrogens with zero attached hydrogens (tertiary/aromatic N) is 1. The van der Waals surface area contributed by atoms with E-state index in [-0.39, 0.29) is 11.8 Å². The second-order valence-electron chi connectivity index (χ2n) is 5.16. The normalized spacial score (nSPS) is 13.7. The second-order valence-corrected chi connectivity index (χ2v) is 8.26. The summed E-state index contributed by atoms with van der Waals surface area (Å²) >= 11 is 12.1. The summed E-state index contributed by atoms with van der Waals surface area (Å²) in [7, 11) is -0.850. The summed E-state index contributed by atoms with van der Waals surface area (Å²) in [5.74, 6) is 0.247. The first-order chi connectivity index (χ1) is 9.20. The molecule has 20 heavy (non-hydrogen) atoms. The Labute approximate surface area is 131 Å². The summed E-state index contributed by atoms with van der Waals surface area (Å²) in [4.78, 5) is 2.16. The lowest BCUT2D eigenvalue weighted by atomic mass is 10.1. The van der Waals surface area contributed by atoms with E-state index in [9.17, 15) is 8.42 Å². The Bertz CT molecular complexity index is 546. The average Bonchev–Trinajstić information content (AvgIpc) is 2.32. The van der Waals surface area contributed by atoms with Gasteiger partial charge in [0.2, 0.25) is 0 Å². The zero-order valence-electron chi connectivity index (χ0n) is 12.1. The van der Waals surface area contributed by atoms with Crippen molar-refractivity contribution in [1.82, 2.24) is 4.90 Å². The third-order valence-electron chi connectivity index (χ3n) is 3.35. The molecular formula is C14H21Cl2NO2S. The van der Waals surface area contributed by atoms with Gasteiger partial charge in [-0.2, -0.15) is 0 Å². The molecule has 0 fully saturated rings. The maximum atomic E-state index is 11.1. The van der Waals surface area contributed by atoms with Crippen LogP contribution in [0.1, 0.15) is 31.4 Å². The molecule has 1 atom stereocenters. The summed E-state index contributed by atoms with van der Waals surface area (Å²) in [5.41, 5.74) is 1.03.